The van der Waals surface area contributed by atoms with Gasteiger partial charge in [0.25, 0.3) is 5.91 Å². The largest absolute Gasteiger partial charge is 0.449 e. The summed E-state index contributed by atoms with van der Waals surface area (Å²) in [5.74, 6) is -1.72. The number of benzene rings is 1. The summed E-state index contributed by atoms with van der Waals surface area (Å²) < 4.78 is 34.1. The van der Waals surface area contributed by atoms with Crippen LogP contribution in [-0.2, 0) is 14.3 Å². The topological polar surface area (TPSA) is 78.6 Å². The van der Waals surface area contributed by atoms with E-state index in [1.165, 1.54) is 31.2 Å². The first-order valence-electron chi connectivity index (χ1n) is 5.72. The fourth-order valence-corrected chi connectivity index (χ4v) is 1.66. The van der Waals surface area contributed by atoms with E-state index in [0.717, 1.165) is 6.08 Å². The molecule has 8 heteroatoms. The van der Waals surface area contributed by atoms with Crippen LogP contribution in [0.15, 0.2) is 28.7 Å². The second-order valence-corrected chi connectivity index (χ2v) is 4.79. The Hall–Kier alpha value is -1.96. The first kappa shape index (κ1) is 17.1. The summed E-state index contributed by atoms with van der Waals surface area (Å²) in [5, 5.41) is 0. The average Bonchev–Trinajstić information content (AvgIpc) is 2.38. The minimum atomic E-state index is -2.99. The molecule has 0 saturated carbocycles. The number of carbonyl (C=O) groups excluding carboxylic acids is 2. The van der Waals surface area contributed by atoms with Gasteiger partial charge in [0.05, 0.1) is 0 Å². The second kappa shape index (κ2) is 7.72. The van der Waals surface area contributed by atoms with Gasteiger partial charge in [-0.25, -0.2) is 4.79 Å². The molecule has 114 valence electrons. The lowest BCUT2D eigenvalue weighted by molar-refractivity contribution is -0.148. The monoisotopic (exact) mass is 363 g/mol. The summed E-state index contributed by atoms with van der Waals surface area (Å²) in [7, 11) is 0. The first-order valence-corrected chi connectivity index (χ1v) is 6.51. The van der Waals surface area contributed by atoms with Crippen LogP contribution < -0.4 is 10.5 Å². The van der Waals surface area contributed by atoms with Crippen molar-refractivity contribution in [1.82, 2.24) is 0 Å². The molecule has 0 bridgehead atoms. The zero-order valence-corrected chi connectivity index (χ0v) is 12.5. The van der Waals surface area contributed by atoms with Crippen LogP contribution in [0.3, 0.4) is 0 Å². The SMILES string of the molecule is C[C@@H](OC(=O)/C=C/c1cc(Br)ccc1OC(F)F)C(N)=O. The lowest BCUT2D eigenvalue weighted by Gasteiger charge is -2.09. The van der Waals surface area contributed by atoms with Crippen molar-refractivity contribution >= 4 is 33.9 Å². The number of amides is 1. The summed E-state index contributed by atoms with van der Waals surface area (Å²) >= 11 is 3.17. The number of hydrogen-bond acceptors (Lipinski definition) is 4. The van der Waals surface area contributed by atoms with Crippen LogP contribution in [0.25, 0.3) is 6.08 Å². The lowest BCUT2D eigenvalue weighted by Crippen LogP contribution is -2.29. The predicted octanol–water partition coefficient (Wildman–Crippen LogP) is 2.48. The van der Waals surface area contributed by atoms with E-state index in [-0.39, 0.29) is 11.3 Å². The molecule has 0 aromatic heterocycles. The first-order chi connectivity index (χ1) is 9.79. The highest BCUT2D eigenvalue weighted by Gasteiger charge is 2.13. The fourth-order valence-electron chi connectivity index (χ4n) is 1.28. The molecule has 0 radical (unpaired) electrons. The van der Waals surface area contributed by atoms with E-state index in [1.807, 2.05) is 0 Å². The number of esters is 1. The van der Waals surface area contributed by atoms with Crippen molar-refractivity contribution in [3.05, 3.63) is 34.3 Å². The molecule has 0 aliphatic heterocycles. The van der Waals surface area contributed by atoms with Gasteiger partial charge in [-0.05, 0) is 31.2 Å². The van der Waals surface area contributed by atoms with E-state index in [9.17, 15) is 18.4 Å². The molecule has 1 aromatic carbocycles. The van der Waals surface area contributed by atoms with Crippen molar-refractivity contribution in [3.63, 3.8) is 0 Å². The van der Waals surface area contributed by atoms with Crippen molar-refractivity contribution in [3.8, 4) is 5.75 Å². The number of nitrogens with two attached hydrogens (primary N) is 1. The van der Waals surface area contributed by atoms with Crippen LogP contribution in [0.4, 0.5) is 8.78 Å². The maximum absolute atomic E-state index is 12.3. The molecule has 1 amide bonds. The molecule has 0 aliphatic carbocycles. The molecule has 2 N–H and O–H groups in total. The Morgan fingerprint density at radius 1 is 1.38 bits per heavy atom. The molecule has 0 aliphatic rings. The molecule has 0 saturated heterocycles. The summed E-state index contributed by atoms with van der Waals surface area (Å²) in [4.78, 5) is 22.2. The molecule has 0 unspecified atom stereocenters. The van der Waals surface area contributed by atoms with Crippen molar-refractivity contribution in [2.45, 2.75) is 19.6 Å². The Morgan fingerprint density at radius 3 is 2.62 bits per heavy atom. The number of hydrogen-bond donors (Lipinski definition) is 1. The molecule has 1 aromatic rings. The molecule has 0 fully saturated rings. The molecule has 0 spiro atoms. The number of alkyl halides is 2. The van der Waals surface area contributed by atoms with Gasteiger partial charge in [-0.1, -0.05) is 15.9 Å². The van der Waals surface area contributed by atoms with Crippen LogP contribution in [0.2, 0.25) is 0 Å². The van der Waals surface area contributed by atoms with Gasteiger partial charge in [0.1, 0.15) is 5.75 Å². The Bertz CT molecular complexity index is 563. The number of carbonyl (C=O) groups is 2. The quantitative estimate of drug-likeness (QED) is 0.622. The minimum Gasteiger partial charge on any atom is -0.449 e. The van der Waals surface area contributed by atoms with Gasteiger partial charge in [-0.2, -0.15) is 8.78 Å². The molecule has 21 heavy (non-hydrogen) atoms. The van der Waals surface area contributed by atoms with Gasteiger partial charge < -0.3 is 15.2 Å². The molecular formula is C13H12BrF2NO4. The lowest BCUT2D eigenvalue weighted by atomic mass is 10.2. The minimum absolute atomic E-state index is 0.0970. The highest BCUT2D eigenvalue weighted by atomic mass is 79.9. The molecule has 0 heterocycles. The zero-order valence-electron chi connectivity index (χ0n) is 10.9. The van der Waals surface area contributed by atoms with Gasteiger partial charge in [0.15, 0.2) is 6.10 Å². The van der Waals surface area contributed by atoms with Crippen LogP contribution >= 0.6 is 15.9 Å². The highest BCUT2D eigenvalue weighted by Crippen LogP contribution is 2.26. The van der Waals surface area contributed by atoms with Crippen molar-refractivity contribution in [2.24, 2.45) is 5.73 Å². The number of primary amides is 1. The van der Waals surface area contributed by atoms with Crippen LogP contribution in [0.5, 0.6) is 5.75 Å². The third-order valence-corrected chi connectivity index (χ3v) is 2.77. The molecule has 1 atom stereocenters. The van der Waals surface area contributed by atoms with E-state index in [4.69, 9.17) is 5.73 Å². The van der Waals surface area contributed by atoms with E-state index < -0.39 is 24.6 Å². The van der Waals surface area contributed by atoms with Gasteiger partial charge in [-0.3, -0.25) is 4.79 Å². The van der Waals surface area contributed by atoms with Crippen LogP contribution in [0.1, 0.15) is 12.5 Å². The Morgan fingerprint density at radius 2 is 2.05 bits per heavy atom. The third kappa shape index (κ3) is 5.90. The van der Waals surface area contributed by atoms with E-state index in [0.29, 0.717) is 4.47 Å². The zero-order chi connectivity index (χ0) is 16.0. The summed E-state index contributed by atoms with van der Waals surface area (Å²) in [6, 6.07) is 4.33. The van der Waals surface area contributed by atoms with Crippen molar-refractivity contribution in [1.29, 1.82) is 0 Å². The van der Waals surface area contributed by atoms with Gasteiger partial charge in [0, 0.05) is 16.1 Å². The van der Waals surface area contributed by atoms with Gasteiger partial charge >= 0.3 is 12.6 Å². The Balaban J connectivity index is 2.85. The average molecular weight is 364 g/mol. The van der Waals surface area contributed by atoms with Crippen molar-refractivity contribution < 1.29 is 27.8 Å². The number of ether oxygens (including phenoxy) is 2. The van der Waals surface area contributed by atoms with Gasteiger partial charge in [-0.15, -0.1) is 0 Å². The van der Waals surface area contributed by atoms with Gasteiger partial charge in [0.2, 0.25) is 0 Å². The van der Waals surface area contributed by atoms with E-state index in [2.05, 4.69) is 25.4 Å². The summed E-state index contributed by atoms with van der Waals surface area (Å²) in [6.45, 7) is -1.67. The Kier molecular flexibility index (Phi) is 6.29. The Labute approximate surface area is 127 Å². The molecule has 1 rings (SSSR count). The molecule has 5 nitrogen and oxygen atoms in total. The predicted molar refractivity (Wildman–Crippen MR) is 74.6 cm³/mol. The standard InChI is InChI=1S/C13H12BrF2NO4/c1-7(12(17)19)20-11(18)5-2-8-6-9(14)3-4-10(8)21-13(15)16/h2-7,13H,1H3,(H2,17,19)/b5-2+/t7-/m1/s1. The molecular weight excluding hydrogens is 352 g/mol. The van der Waals surface area contributed by atoms with Crippen LogP contribution in [-0.4, -0.2) is 24.6 Å². The highest BCUT2D eigenvalue weighted by molar-refractivity contribution is 9.10. The maximum Gasteiger partial charge on any atom is 0.387 e. The summed E-state index contributed by atoms with van der Waals surface area (Å²) in [5.41, 5.74) is 5.18. The van der Waals surface area contributed by atoms with E-state index in [1.54, 1.807) is 0 Å². The third-order valence-electron chi connectivity index (χ3n) is 2.28. The summed E-state index contributed by atoms with van der Waals surface area (Å²) in [6.07, 6.45) is 1.14. The smallest absolute Gasteiger partial charge is 0.387 e. The van der Waals surface area contributed by atoms with E-state index >= 15 is 0 Å². The normalized spacial score (nSPS) is 12.4. The van der Waals surface area contributed by atoms with Crippen LogP contribution in [0, 0.1) is 0 Å². The maximum atomic E-state index is 12.3. The second-order valence-electron chi connectivity index (χ2n) is 3.88. The number of halogens is 3. The number of rotatable bonds is 6. The van der Waals surface area contributed by atoms with Crippen molar-refractivity contribution in [2.75, 3.05) is 0 Å². The fraction of sp³-hybridized carbons (Fsp3) is 0.231.